The standard InChI is InChI=1S/C21H17N3OS/c1-14-19(26-20(23-14)18-9-5-6-12-22-18)21(25)24(2)17-11-10-15-7-3-4-8-16(15)13-17/h3-13H,1-2H3. The lowest BCUT2D eigenvalue weighted by Gasteiger charge is -2.17. The first-order chi connectivity index (χ1) is 12.6. The van der Waals surface area contributed by atoms with Crippen LogP contribution in [0.4, 0.5) is 5.69 Å². The number of aromatic nitrogens is 2. The summed E-state index contributed by atoms with van der Waals surface area (Å²) in [4.78, 5) is 24.2. The fourth-order valence-electron chi connectivity index (χ4n) is 2.85. The molecule has 128 valence electrons. The molecule has 0 aliphatic rings. The van der Waals surface area contributed by atoms with Gasteiger partial charge in [0, 0.05) is 18.9 Å². The third-order valence-electron chi connectivity index (χ3n) is 4.30. The fourth-order valence-corrected chi connectivity index (χ4v) is 3.87. The Morgan fingerprint density at radius 1 is 1.00 bits per heavy atom. The zero-order valence-corrected chi connectivity index (χ0v) is 15.3. The Balaban J connectivity index is 1.67. The van der Waals surface area contributed by atoms with Crippen LogP contribution >= 0.6 is 11.3 Å². The van der Waals surface area contributed by atoms with E-state index in [1.165, 1.54) is 11.3 Å². The summed E-state index contributed by atoms with van der Waals surface area (Å²) in [5.74, 6) is -0.0579. The number of benzene rings is 2. The quantitative estimate of drug-likeness (QED) is 0.520. The van der Waals surface area contributed by atoms with Crippen LogP contribution in [0, 0.1) is 6.92 Å². The number of nitrogens with zero attached hydrogens (tertiary/aromatic N) is 3. The number of fused-ring (bicyclic) bond motifs is 1. The highest BCUT2D eigenvalue weighted by molar-refractivity contribution is 7.17. The highest BCUT2D eigenvalue weighted by Crippen LogP contribution is 2.29. The van der Waals surface area contributed by atoms with Crippen molar-refractivity contribution in [2.75, 3.05) is 11.9 Å². The second-order valence-electron chi connectivity index (χ2n) is 6.04. The maximum absolute atomic E-state index is 13.0. The average molecular weight is 359 g/mol. The molecule has 2 aromatic carbocycles. The molecule has 4 aromatic rings. The summed E-state index contributed by atoms with van der Waals surface area (Å²) in [6.45, 7) is 1.87. The van der Waals surface area contributed by atoms with Gasteiger partial charge in [0.05, 0.1) is 11.4 Å². The Morgan fingerprint density at radius 3 is 2.54 bits per heavy atom. The third kappa shape index (κ3) is 2.97. The van der Waals surface area contributed by atoms with Crippen molar-refractivity contribution in [1.82, 2.24) is 9.97 Å². The smallest absolute Gasteiger partial charge is 0.270 e. The molecule has 2 aromatic heterocycles. The van der Waals surface area contributed by atoms with E-state index in [0.717, 1.165) is 32.9 Å². The van der Waals surface area contributed by atoms with E-state index in [9.17, 15) is 4.79 Å². The average Bonchev–Trinajstić information content (AvgIpc) is 3.09. The largest absolute Gasteiger partial charge is 0.311 e. The second kappa shape index (κ2) is 6.69. The lowest BCUT2D eigenvalue weighted by atomic mass is 10.1. The van der Waals surface area contributed by atoms with Gasteiger partial charge >= 0.3 is 0 Å². The molecule has 0 aliphatic carbocycles. The van der Waals surface area contributed by atoms with E-state index in [1.54, 1.807) is 18.1 Å². The van der Waals surface area contributed by atoms with Crippen molar-refractivity contribution in [3.63, 3.8) is 0 Å². The molecular formula is C21H17N3OS. The summed E-state index contributed by atoms with van der Waals surface area (Å²) in [7, 11) is 1.80. The molecule has 4 nitrogen and oxygen atoms in total. The minimum atomic E-state index is -0.0579. The minimum absolute atomic E-state index is 0.0579. The number of hydrogen-bond donors (Lipinski definition) is 0. The number of carbonyl (C=O) groups excluding carboxylic acids is 1. The molecule has 2 heterocycles. The van der Waals surface area contributed by atoms with Crippen LogP contribution in [0.15, 0.2) is 66.9 Å². The number of carbonyl (C=O) groups is 1. The van der Waals surface area contributed by atoms with Crippen LogP contribution in [0.3, 0.4) is 0 Å². The van der Waals surface area contributed by atoms with Gasteiger partial charge in [-0.1, -0.05) is 36.4 Å². The highest BCUT2D eigenvalue weighted by atomic mass is 32.1. The first kappa shape index (κ1) is 16.4. The van der Waals surface area contributed by atoms with Crippen molar-refractivity contribution in [2.24, 2.45) is 0 Å². The van der Waals surface area contributed by atoms with Crippen LogP contribution in [0.25, 0.3) is 21.5 Å². The number of rotatable bonds is 3. The van der Waals surface area contributed by atoms with E-state index in [4.69, 9.17) is 0 Å². The summed E-state index contributed by atoms with van der Waals surface area (Å²) in [5, 5.41) is 3.03. The molecule has 26 heavy (non-hydrogen) atoms. The van der Waals surface area contributed by atoms with Gasteiger partial charge in [-0.2, -0.15) is 0 Å². The monoisotopic (exact) mass is 359 g/mol. The molecule has 4 rings (SSSR count). The van der Waals surface area contributed by atoms with Gasteiger partial charge in [-0.15, -0.1) is 11.3 Å². The molecule has 0 unspecified atom stereocenters. The van der Waals surface area contributed by atoms with Gasteiger partial charge in [-0.3, -0.25) is 9.78 Å². The van der Waals surface area contributed by atoms with E-state index in [-0.39, 0.29) is 5.91 Å². The number of pyridine rings is 1. The van der Waals surface area contributed by atoms with Gasteiger partial charge in [0.1, 0.15) is 9.88 Å². The van der Waals surface area contributed by atoms with Gasteiger partial charge in [0.25, 0.3) is 5.91 Å². The van der Waals surface area contributed by atoms with Gasteiger partial charge in [0.15, 0.2) is 0 Å². The summed E-state index contributed by atoms with van der Waals surface area (Å²) >= 11 is 1.38. The van der Waals surface area contributed by atoms with Gasteiger partial charge < -0.3 is 4.90 Å². The van der Waals surface area contributed by atoms with Crippen LogP contribution in [0.5, 0.6) is 0 Å². The zero-order valence-electron chi connectivity index (χ0n) is 14.5. The number of hydrogen-bond acceptors (Lipinski definition) is 4. The van der Waals surface area contributed by atoms with Gasteiger partial charge in [0.2, 0.25) is 0 Å². The zero-order chi connectivity index (χ0) is 18.1. The van der Waals surface area contributed by atoms with Crippen molar-refractivity contribution < 1.29 is 4.79 Å². The summed E-state index contributed by atoms with van der Waals surface area (Å²) in [6.07, 6.45) is 1.73. The molecule has 0 bridgehead atoms. The molecule has 0 atom stereocenters. The van der Waals surface area contributed by atoms with Crippen molar-refractivity contribution >= 4 is 33.7 Å². The molecule has 1 amide bonds. The Labute approximate surface area is 155 Å². The molecule has 0 spiro atoms. The number of amides is 1. The molecule has 0 radical (unpaired) electrons. The van der Waals surface area contributed by atoms with E-state index in [0.29, 0.717) is 4.88 Å². The third-order valence-corrected chi connectivity index (χ3v) is 5.47. The molecule has 0 fully saturated rings. The summed E-state index contributed by atoms with van der Waals surface area (Å²) in [5.41, 5.74) is 2.38. The minimum Gasteiger partial charge on any atom is -0.311 e. The van der Waals surface area contributed by atoms with Crippen LogP contribution in [-0.4, -0.2) is 22.9 Å². The SMILES string of the molecule is Cc1nc(-c2ccccn2)sc1C(=O)N(C)c1ccc2ccccc2c1. The molecule has 0 saturated heterocycles. The van der Waals surface area contributed by atoms with Crippen molar-refractivity contribution in [3.8, 4) is 10.7 Å². The molecule has 0 saturated carbocycles. The van der Waals surface area contributed by atoms with Crippen molar-refractivity contribution in [3.05, 3.63) is 77.4 Å². The Bertz CT molecular complexity index is 1090. The molecule has 0 aliphatic heterocycles. The van der Waals surface area contributed by atoms with Crippen LogP contribution in [0.2, 0.25) is 0 Å². The first-order valence-electron chi connectivity index (χ1n) is 8.29. The lowest BCUT2D eigenvalue weighted by Crippen LogP contribution is -2.25. The molecule has 0 N–H and O–H groups in total. The summed E-state index contributed by atoms with van der Waals surface area (Å²) in [6, 6.07) is 19.8. The maximum atomic E-state index is 13.0. The summed E-state index contributed by atoms with van der Waals surface area (Å²) < 4.78 is 0. The van der Waals surface area contributed by atoms with E-state index in [2.05, 4.69) is 16.0 Å². The number of anilines is 1. The van der Waals surface area contributed by atoms with E-state index in [1.807, 2.05) is 61.5 Å². The van der Waals surface area contributed by atoms with Crippen molar-refractivity contribution in [1.29, 1.82) is 0 Å². The predicted octanol–water partition coefficient (Wildman–Crippen LogP) is 4.94. The second-order valence-corrected chi connectivity index (χ2v) is 7.04. The van der Waals surface area contributed by atoms with Gasteiger partial charge in [-0.25, -0.2) is 4.98 Å². The van der Waals surface area contributed by atoms with Gasteiger partial charge in [-0.05, 0) is 42.0 Å². The number of aryl methyl sites for hydroxylation is 1. The van der Waals surface area contributed by atoms with E-state index < -0.39 is 0 Å². The fraction of sp³-hybridized carbons (Fsp3) is 0.0952. The Morgan fingerprint density at radius 2 is 1.77 bits per heavy atom. The van der Waals surface area contributed by atoms with Crippen LogP contribution < -0.4 is 4.90 Å². The van der Waals surface area contributed by atoms with Crippen LogP contribution in [0.1, 0.15) is 15.4 Å². The van der Waals surface area contributed by atoms with Crippen molar-refractivity contribution in [2.45, 2.75) is 6.92 Å². The normalized spacial score (nSPS) is 10.8. The predicted molar refractivity (Wildman–Crippen MR) is 107 cm³/mol. The topological polar surface area (TPSA) is 46.1 Å². The van der Waals surface area contributed by atoms with Crippen LogP contribution in [-0.2, 0) is 0 Å². The Kier molecular flexibility index (Phi) is 4.22. The molecule has 5 heteroatoms. The van der Waals surface area contributed by atoms with E-state index >= 15 is 0 Å². The molecular weight excluding hydrogens is 342 g/mol. The Hall–Kier alpha value is -3.05. The highest BCUT2D eigenvalue weighted by Gasteiger charge is 2.21. The maximum Gasteiger partial charge on any atom is 0.270 e. The number of thiazole rings is 1. The lowest BCUT2D eigenvalue weighted by molar-refractivity contribution is 0.0996. The first-order valence-corrected chi connectivity index (χ1v) is 9.11.